The van der Waals surface area contributed by atoms with E-state index in [-0.39, 0.29) is 0 Å². The van der Waals surface area contributed by atoms with Gasteiger partial charge in [-0.2, -0.15) is 5.26 Å². The van der Waals surface area contributed by atoms with Crippen molar-refractivity contribution in [2.45, 2.75) is 43.7 Å². The summed E-state index contributed by atoms with van der Waals surface area (Å²) in [4.78, 5) is 8.34. The van der Waals surface area contributed by atoms with Crippen LogP contribution < -0.4 is 15.8 Å². The third-order valence-corrected chi connectivity index (χ3v) is 6.73. The SMILES string of the molecule is N#Cc1cc2c(c(O[C@H]3C[C@@H](n4cc(Br)c5c(N)ncnc54)[C@H](O)[C@@H]3O)c1)CNCC2. The lowest BCUT2D eigenvalue weighted by molar-refractivity contribution is -0.0166. The van der Waals surface area contributed by atoms with Crippen LogP contribution >= 0.6 is 15.9 Å². The van der Waals surface area contributed by atoms with Gasteiger partial charge in [-0.25, -0.2) is 9.97 Å². The summed E-state index contributed by atoms with van der Waals surface area (Å²) < 4.78 is 8.73. The van der Waals surface area contributed by atoms with E-state index in [1.807, 2.05) is 6.07 Å². The fourth-order valence-electron chi connectivity index (χ4n) is 4.57. The smallest absolute Gasteiger partial charge is 0.147 e. The van der Waals surface area contributed by atoms with Crippen molar-refractivity contribution in [2.75, 3.05) is 12.3 Å². The maximum atomic E-state index is 10.8. The zero-order chi connectivity index (χ0) is 21.7. The molecular formula is C21H21BrN6O3. The van der Waals surface area contributed by atoms with Crippen LogP contribution in [0, 0.1) is 11.3 Å². The molecule has 5 N–H and O–H groups in total. The van der Waals surface area contributed by atoms with Gasteiger partial charge in [0.25, 0.3) is 0 Å². The summed E-state index contributed by atoms with van der Waals surface area (Å²) in [5.74, 6) is 0.909. The van der Waals surface area contributed by atoms with Crippen molar-refractivity contribution in [2.24, 2.45) is 0 Å². The number of nitrogens with two attached hydrogens (primary N) is 1. The van der Waals surface area contributed by atoms with E-state index in [1.54, 1.807) is 16.8 Å². The van der Waals surface area contributed by atoms with Gasteiger partial charge in [-0.1, -0.05) is 0 Å². The Morgan fingerprint density at radius 3 is 2.94 bits per heavy atom. The number of fused-ring (bicyclic) bond motifs is 2. The summed E-state index contributed by atoms with van der Waals surface area (Å²) in [6.07, 6.45) is 1.54. The second kappa shape index (κ2) is 7.76. The summed E-state index contributed by atoms with van der Waals surface area (Å²) in [6, 6.07) is 5.31. The van der Waals surface area contributed by atoms with Gasteiger partial charge in [0, 0.05) is 29.2 Å². The van der Waals surface area contributed by atoms with E-state index in [2.05, 4.69) is 37.3 Å². The van der Waals surface area contributed by atoms with Crippen LogP contribution in [0.4, 0.5) is 5.82 Å². The molecule has 4 atom stereocenters. The van der Waals surface area contributed by atoms with Crippen molar-refractivity contribution in [3.05, 3.63) is 45.8 Å². The summed E-state index contributed by atoms with van der Waals surface area (Å²) in [5.41, 5.74) is 9.15. The maximum Gasteiger partial charge on any atom is 0.147 e. The lowest BCUT2D eigenvalue weighted by Gasteiger charge is -2.24. The monoisotopic (exact) mass is 484 g/mol. The number of nitrogens with one attached hydrogen (secondary N) is 1. The highest BCUT2D eigenvalue weighted by Crippen LogP contribution is 2.39. The summed E-state index contributed by atoms with van der Waals surface area (Å²) >= 11 is 3.48. The third-order valence-electron chi connectivity index (χ3n) is 6.13. The molecule has 0 spiro atoms. The van der Waals surface area contributed by atoms with E-state index in [4.69, 9.17) is 10.5 Å². The Morgan fingerprint density at radius 1 is 1.29 bits per heavy atom. The number of aromatic nitrogens is 3. The Bertz CT molecular complexity index is 1210. The minimum Gasteiger partial charge on any atom is -0.487 e. The van der Waals surface area contributed by atoms with Crippen molar-refractivity contribution in [1.82, 2.24) is 19.9 Å². The van der Waals surface area contributed by atoms with Crippen LogP contribution in [0.1, 0.15) is 29.2 Å². The maximum absolute atomic E-state index is 10.8. The molecule has 1 saturated carbocycles. The van der Waals surface area contributed by atoms with E-state index in [0.717, 1.165) is 24.1 Å². The highest BCUT2D eigenvalue weighted by Gasteiger charge is 2.45. The highest BCUT2D eigenvalue weighted by molar-refractivity contribution is 9.10. The number of nitriles is 1. The van der Waals surface area contributed by atoms with E-state index >= 15 is 0 Å². The van der Waals surface area contributed by atoms with Crippen LogP contribution in [0.2, 0.25) is 0 Å². The molecule has 2 aliphatic rings. The van der Waals surface area contributed by atoms with Crippen molar-refractivity contribution in [1.29, 1.82) is 5.26 Å². The number of rotatable bonds is 3. The molecule has 0 radical (unpaired) electrons. The van der Waals surface area contributed by atoms with Crippen LogP contribution in [0.25, 0.3) is 11.0 Å². The minimum atomic E-state index is -1.10. The number of anilines is 1. The molecule has 10 heteroatoms. The molecule has 1 aromatic carbocycles. The van der Waals surface area contributed by atoms with Gasteiger partial charge in [0.1, 0.15) is 41.9 Å². The normalized spacial score (nSPS) is 25.4. The molecule has 0 bridgehead atoms. The molecule has 1 fully saturated rings. The van der Waals surface area contributed by atoms with Crippen LogP contribution in [-0.2, 0) is 13.0 Å². The molecular weight excluding hydrogens is 464 g/mol. The molecule has 0 saturated heterocycles. The zero-order valence-corrected chi connectivity index (χ0v) is 18.1. The Labute approximate surface area is 186 Å². The number of hydrogen-bond donors (Lipinski definition) is 4. The van der Waals surface area contributed by atoms with Crippen LogP contribution in [0.3, 0.4) is 0 Å². The van der Waals surface area contributed by atoms with Gasteiger partial charge < -0.3 is 30.6 Å². The Kier molecular flexibility index (Phi) is 5.06. The van der Waals surface area contributed by atoms with Crippen molar-refractivity contribution < 1.29 is 14.9 Å². The first-order chi connectivity index (χ1) is 15.0. The number of ether oxygens (including phenoxy) is 1. The van der Waals surface area contributed by atoms with Crippen molar-refractivity contribution in [3.63, 3.8) is 0 Å². The Morgan fingerprint density at radius 2 is 2.13 bits per heavy atom. The number of nitrogen functional groups attached to an aromatic ring is 1. The molecule has 3 heterocycles. The lowest BCUT2D eigenvalue weighted by Crippen LogP contribution is -2.35. The summed E-state index contributed by atoms with van der Waals surface area (Å²) in [7, 11) is 0. The molecule has 2 aromatic heterocycles. The molecule has 3 aromatic rings. The van der Waals surface area contributed by atoms with Crippen molar-refractivity contribution in [3.8, 4) is 11.8 Å². The quantitative estimate of drug-likeness (QED) is 0.436. The number of aliphatic hydroxyl groups excluding tert-OH is 2. The van der Waals surface area contributed by atoms with Crippen molar-refractivity contribution >= 4 is 32.8 Å². The second-order valence-corrected chi connectivity index (χ2v) is 8.79. The lowest BCUT2D eigenvalue weighted by atomic mass is 9.97. The van der Waals surface area contributed by atoms with Crippen LogP contribution in [0.15, 0.2) is 29.1 Å². The van der Waals surface area contributed by atoms with E-state index in [0.29, 0.717) is 45.6 Å². The first-order valence-corrected chi connectivity index (χ1v) is 10.8. The van der Waals surface area contributed by atoms with E-state index in [9.17, 15) is 15.5 Å². The Hall–Kier alpha value is -2.71. The van der Waals surface area contributed by atoms with Crippen LogP contribution in [0.5, 0.6) is 5.75 Å². The number of nitrogens with zero attached hydrogens (tertiary/aromatic N) is 4. The average Bonchev–Trinajstić information content (AvgIpc) is 3.25. The first kappa shape index (κ1) is 20.2. The second-order valence-electron chi connectivity index (χ2n) is 7.93. The summed E-state index contributed by atoms with van der Waals surface area (Å²) in [6.45, 7) is 1.48. The summed E-state index contributed by atoms with van der Waals surface area (Å²) in [5, 5.41) is 35.0. The molecule has 0 amide bonds. The molecule has 31 heavy (non-hydrogen) atoms. The van der Waals surface area contributed by atoms with Crippen LogP contribution in [-0.4, -0.2) is 49.6 Å². The predicted octanol–water partition coefficient (Wildman–Crippen LogP) is 1.41. The van der Waals surface area contributed by atoms with Gasteiger partial charge in [0.05, 0.1) is 23.1 Å². The zero-order valence-electron chi connectivity index (χ0n) is 16.5. The predicted molar refractivity (Wildman–Crippen MR) is 116 cm³/mol. The van der Waals surface area contributed by atoms with Gasteiger partial charge in [0.15, 0.2) is 0 Å². The molecule has 1 aliphatic carbocycles. The molecule has 0 unspecified atom stereocenters. The highest BCUT2D eigenvalue weighted by atomic mass is 79.9. The Balaban J connectivity index is 1.48. The van der Waals surface area contributed by atoms with E-state index < -0.39 is 24.4 Å². The molecule has 160 valence electrons. The standard InChI is InChI=1S/C21H21BrN6O3/c22-13-8-28(21-17(13)20(24)26-9-27-21)14-5-16(19(30)18(14)29)31-15-4-10(6-23)3-11-1-2-25-7-12(11)15/h3-4,8-9,14,16,18-19,25,29-30H,1-2,5,7H2,(H2,24,26,27)/t14-,16+,18+,19-/m1/s1. The largest absolute Gasteiger partial charge is 0.487 e. The van der Waals surface area contributed by atoms with Gasteiger partial charge in [-0.05, 0) is 46.6 Å². The minimum absolute atomic E-state index is 0.337. The fraction of sp³-hybridized carbons (Fsp3) is 0.381. The topological polar surface area (TPSA) is 142 Å². The first-order valence-electron chi connectivity index (χ1n) is 10.0. The third kappa shape index (κ3) is 3.34. The van der Waals surface area contributed by atoms with Gasteiger partial charge in [-0.3, -0.25) is 0 Å². The number of aliphatic hydroxyl groups is 2. The van der Waals surface area contributed by atoms with Gasteiger partial charge in [-0.15, -0.1) is 0 Å². The molecule has 9 nitrogen and oxygen atoms in total. The number of benzene rings is 1. The van der Waals surface area contributed by atoms with Gasteiger partial charge in [0.2, 0.25) is 0 Å². The number of halogens is 1. The number of hydrogen-bond acceptors (Lipinski definition) is 8. The molecule has 5 rings (SSSR count). The molecule has 1 aliphatic heterocycles. The van der Waals surface area contributed by atoms with Gasteiger partial charge >= 0.3 is 0 Å². The fourth-order valence-corrected chi connectivity index (χ4v) is 5.17. The van der Waals surface area contributed by atoms with E-state index in [1.165, 1.54) is 6.33 Å². The average molecular weight is 485 g/mol.